The molecule has 0 unspecified atom stereocenters. The number of anilines is 1. The second-order valence-corrected chi connectivity index (χ2v) is 6.19. The van der Waals surface area contributed by atoms with E-state index in [2.05, 4.69) is 26.2 Å². The topological polar surface area (TPSA) is 68.9 Å². The molecule has 24 heavy (non-hydrogen) atoms. The van der Waals surface area contributed by atoms with Crippen LogP contribution in [0.3, 0.4) is 0 Å². The van der Waals surface area contributed by atoms with Gasteiger partial charge in [-0.2, -0.15) is 0 Å². The number of para-hydroxylation sites is 1. The van der Waals surface area contributed by atoms with Crippen molar-refractivity contribution in [3.63, 3.8) is 0 Å². The molecule has 2 aromatic carbocycles. The van der Waals surface area contributed by atoms with Crippen LogP contribution in [0.5, 0.6) is 11.5 Å². The number of nitrogens with zero attached hydrogens (tertiary/aromatic N) is 1. The summed E-state index contributed by atoms with van der Waals surface area (Å²) in [5.41, 5.74) is 7.73. The minimum atomic E-state index is 0.324. The van der Waals surface area contributed by atoms with Crippen molar-refractivity contribution < 1.29 is 9.47 Å². The van der Waals surface area contributed by atoms with E-state index in [1.54, 1.807) is 26.4 Å². The van der Waals surface area contributed by atoms with E-state index in [1.807, 2.05) is 24.3 Å². The van der Waals surface area contributed by atoms with Gasteiger partial charge in [-0.05, 0) is 52.2 Å². The smallest absolute Gasteiger partial charge is 0.193 e. The Labute approximate surface area is 154 Å². The molecule has 0 fully saturated rings. The maximum Gasteiger partial charge on any atom is 0.193 e. The summed E-state index contributed by atoms with van der Waals surface area (Å²) >= 11 is 9.55. The van der Waals surface area contributed by atoms with Crippen LogP contribution < -0.4 is 20.5 Å². The first-order chi connectivity index (χ1) is 11.5. The second kappa shape index (κ2) is 8.80. The van der Waals surface area contributed by atoms with Gasteiger partial charge in [-0.15, -0.1) is 0 Å². The van der Waals surface area contributed by atoms with Crippen molar-refractivity contribution in [2.45, 2.75) is 6.42 Å². The molecule has 0 aliphatic carbocycles. The van der Waals surface area contributed by atoms with Crippen molar-refractivity contribution >= 4 is 39.2 Å². The summed E-state index contributed by atoms with van der Waals surface area (Å²) in [5.74, 6) is 1.76. The molecule has 0 bridgehead atoms. The van der Waals surface area contributed by atoms with Crippen molar-refractivity contribution in [2.75, 3.05) is 26.1 Å². The minimum Gasteiger partial charge on any atom is -0.495 e. The summed E-state index contributed by atoms with van der Waals surface area (Å²) in [5, 5.41) is 3.52. The predicted octanol–water partition coefficient (Wildman–Crippen LogP) is 4.09. The standard InChI is InChI=1S/C17H19BrClN3O2/c1-23-15-7-6-12(10-14(15)19)22-17(20)21-9-8-11-4-3-5-13(18)16(11)24-2/h3-7,10H,8-9H2,1-2H3,(H3,20,21,22). The Morgan fingerprint density at radius 2 is 2.04 bits per heavy atom. The van der Waals surface area contributed by atoms with Crippen LogP contribution in [0.1, 0.15) is 5.56 Å². The number of hydrogen-bond acceptors (Lipinski definition) is 3. The number of aliphatic imine (C=N–C) groups is 1. The molecular weight excluding hydrogens is 394 g/mol. The van der Waals surface area contributed by atoms with Crippen LogP contribution >= 0.6 is 27.5 Å². The summed E-state index contributed by atoms with van der Waals surface area (Å²) in [6, 6.07) is 11.2. The van der Waals surface area contributed by atoms with Gasteiger partial charge >= 0.3 is 0 Å². The molecule has 0 amide bonds. The lowest BCUT2D eigenvalue weighted by Crippen LogP contribution is -2.23. The zero-order valence-corrected chi connectivity index (χ0v) is 15.8. The highest BCUT2D eigenvalue weighted by Crippen LogP contribution is 2.29. The highest BCUT2D eigenvalue weighted by atomic mass is 79.9. The minimum absolute atomic E-state index is 0.324. The van der Waals surface area contributed by atoms with Gasteiger partial charge in [0.15, 0.2) is 5.96 Å². The lowest BCUT2D eigenvalue weighted by Gasteiger charge is -2.10. The Kier molecular flexibility index (Phi) is 6.75. The Balaban J connectivity index is 1.97. The van der Waals surface area contributed by atoms with Crippen LogP contribution in [-0.4, -0.2) is 26.7 Å². The third kappa shape index (κ3) is 4.79. The lowest BCUT2D eigenvalue weighted by molar-refractivity contribution is 0.407. The monoisotopic (exact) mass is 411 g/mol. The van der Waals surface area contributed by atoms with Crippen molar-refractivity contribution in [2.24, 2.45) is 10.7 Å². The van der Waals surface area contributed by atoms with E-state index in [0.717, 1.165) is 21.5 Å². The van der Waals surface area contributed by atoms with Crippen LogP contribution in [0.2, 0.25) is 5.02 Å². The number of methoxy groups -OCH3 is 2. The average molecular weight is 413 g/mol. The Bertz CT molecular complexity index is 738. The average Bonchev–Trinajstić information content (AvgIpc) is 2.55. The van der Waals surface area contributed by atoms with Crippen LogP contribution in [0.25, 0.3) is 0 Å². The number of hydrogen-bond donors (Lipinski definition) is 2. The van der Waals surface area contributed by atoms with E-state index in [-0.39, 0.29) is 0 Å². The van der Waals surface area contributed by atoms with Gasteiger partial charge in [0.1, 0.15) is 11.5 Å². The second-order valence-electron chi connectivity index (χ2n) is 4.92. The largest absolute Gasteiger partial charge is 0.495 e. The fourth-order valence-electron chi connectivity index (χ4n) is 2.21. The molecule has 5 nitrogen and oxygen atoms in total. The van der Waals surface area contributed by atoms with Crippen molar-refractivity contribution in [3.05, 3.63) is 51.5 Å². The quantitative estimate of drug-likeness (QED) is 0.554. The molecule has 0 atom stereocenters. The lowest BCUT2D eigenvalue weighted by atomic mass is 10.1. The van der Waals surface area contributed by atoms with Gasteiger partial charge < -0.3 is 20.5 Å². The molecule has 2 rings (SSSR count). The normalized spacial score (nSPS) is 11.2. The van der Waals surface area contributed by atoms with E-state index in [9.17, 15) is 0 Å². The molecule has 0 radical (unpaired) electrons. The maximum absolute atomic E-state index is 6.08. The highest BCUT2D eigenvalue weighted by Gasteiger charge is 2.06. The molecule has 7 heteroatoms. The third-order valence-electron chi connectivity index (χ3n) is 3.34. The number of guanidine groups is 1. The first-order valence-electron chi connectivity index (χ1n) is 7.27. The summed E-state index contributed by atoms with van der Waals surface area (Å²) in [7, 11) is 3.22. The van der Waals surface area contributed by atoms with E-state index in [0.29, 0.717) is 29.7 Å². The molecule has 0 spiro atoms. The van der Waals surface area contributed by atoms with Crippen LogP contribution in [0.4, 0.5) is 5.69 Å². The maximum atomic E-state index is 6.08. The molecular formula is C17H19BrClN3O2. The highest BCUT2D eigenvalue weighted by molar-refractivity contribution is 9.10. The van der Waals surface area contributed by atoms with E-state index in [4.69, 9.17) is 26.8 Å². The van der Waals surface area contributed by atoms with Gasteiger partial charge in [-0.1, -0.05) is 23.7 Å². The molecule has 0 aliphatic rings. The molecule has 2 aromatic rings. The van der Waals surface area contributed by atoms with Crippen LogP contribution in [0, 0.1) is 0 Å². The van der Waals surface area contributed by atoms with Crippen molar-refractivity contribution in [1.82, 2.24) is 0 Å². The van der Waals surface area contributed by atoms with Crippen LogP contribution in [-0.2, 0) is 6.42 Å². The summed E-state index contributed by atoms with van der Waals surface area (Å²) in [6.07, 6.45) is 0.717. The summed E-state index contributed by atoms with van der Waals surface area (Å²) in [4.78, 5) is 4.33. The first-order valence-corrected chi connectivity index (χ1v) is 8.44. The predicted molar refractivity (Wildman–Crippen MR) is 103 cm³/mol. The van der Waals surface area contributed by atoms with Gasteiger partial charge in [0.25, 0.3) is 0 Å². The number of benzene rings is 2. The third-order valence-corrected chi connectivity index (χ3v) is 4.26. The van der Waals surface area contributed by atoms with E-state index in [1.165, 1.54) is 0 Å². The summed E-state index contributed by atoms with van der Waals surface area (Å²) < 4.78 is 11.4. The van der Waals surface area contributed by atoms with Gasteiger partial charge in [-0.3, -0.25) is 4.99 Å². The SMILES string of the molecule is COc1ccc(NC(N)=NCCc2cccc(Br)c2OC)cc1Cl. The fourth-order valence-corrected chi connectivity index (χ4v) is 3.03. The molecule has 0 saturated carbocycles. The number of halogens is 2. The van der Waals surface area contributed by atoms with Crippen molar-refractivity contribution in [1.29, 1.82) is 0 Å². The van der Waals surface area contributed by atoms with E-state index < -0.39 is 0 Å². The molecule has 0 aliphatic heterocycles. The van der Waals surface area contributed by atoms with Gasteiger partial charge in [-0.25, -0.2) is 0 Å². The van der Waals surface area contributed by atoms with Gasteiger partial charge in [0.05, 0.1) is 23.7 Å². The Morgan fingerprint density at radius 1 is 1.25 bits per heavy atom. The summed E-state index contributed by atoms with van der Waals surface area (Å²) in [6.45, 7) is 0.537. The molecule has 0 heterocycles. The number of ether oxygens (including phenoxy) is 2. The van der Waals surface area contributed by atoms with E-state index >= 15 is 0 Å². The molecule has 3 N–H and O–H groups in total. The molecule has 0 aromatic heterocycles. The zero-order chi connectivity index (χ0) is 17.5. The number of nitrogens with one attached hydrogen (secondary N) is 1. The zero-order valence-electron chi connectivity index (χ0n) is 13.5. The van der Waals surface area contributed by atoms with Gasteiger partial charge in [0.2, 0.25) is 0 Å². The number of rotatable bonds is 6. The molecule has 0 saturated heterocycles. The van der Waals surface area contributed by atoms with Crippen molar-refractivity contribution in [3.8, 4) is 11.5 Å². The van der Waals surface area contributed by atoms with Gasteiger partial charge in [0, 0.05) is 12.2 Å². The number of nitrogens with two attached hydrogens (primary N) is 1. The Hall–Kier alpha value is -1.92. The first kappa shape index (κ1) is 18.4. The fraction of sp³-hybridized carbons (Fsp3) is 0.235. The molecule has 128 valence electrons. The Morgan fingerprint density at radius 3 is 2.71 bits per heavy atom. The van der Waals surface area contributed by atoms with Crippen LogP contribution in [0.15, 0.2) is 45.9 Å².